The van der Waals surface area contributed by atoms with Crippen LogP contribution in [0.25, 0.3) is 11.2 Å². The van der Waals surface area contributed by atoms with Gasteiger partial charge in [-0.3, -0.25) is 13.9 Å². The number of aromatic nitrogens is 4. The Morgan fingerprint density at radius 2 is 1.90 bits per heavy atom. The summed E-state index contributed by atoms with van der Waals surface area (Å²) in [6, 6.07) is 7.73. The summed E-state index contributed by atoms with van der Waals surface area (Å²) in [7, 11) is 1.70. The van der Waals surface area contributed by atoms with Gasteiger partial charge in [-0.1, -0.05) is 49.9 Å². The SMILES string of the molecule is CC1CN(C2CCCCC2)c2nc3c(c(=O)n(Cc4cccc(Cl)c4)c(=O)n3C)n2C1. The second kappa shape index (κ2) is 7.86. The van der Waals surface area contributed by atoms with Gasteiger partial charge in [-0.25, -0.2) is 4.79 Å². The van der Waals surface area contributed by atoms with E-state index in [4.69, 9.17) is 16.6 Å². The van der Waals surface area contributed by atoms with Crippen molar-refractivity contribution >= 4 is 28.7 Å². The molecule has 0 bridgehead atoms. The molecule has 1 aromatic carbocycles. The number of hydrogen-bond donors (Lipinski definition) is 0. The fraction of sp³-hybridized carbons (Fsp3) is 0.522. The van der Waals surface area contributed by atoms with Crippen molar-refractivity contribution in [3.63, 3.8) is 0 Å². The van der Waals surface area contributed by atoms with E-state index < -0.39 is 0 Å². The number of aryl methyl sites for hydroxylation is 1. The molecule has 5 rings (SSSR count). The molecule has 31 heavy (non-hydrogen) atoms. The van der Waals surface area contributed by atoms with Crippen LogP contribution in [0, 0.1) is 5.92 Å². The molecule has 2 aromatic heterocycles. The molecule has 8 heteroatoms. The molecule has 0 spiro atoms. The Balaban J connectivity index is 1.67. The topological polar surface area (TPSA) is 65.1 Å². The molecule has 0 radical (unpaired) electrons. The average molecular weight is 442 g/mol. The molecule has 1 atom stereocenters. The average Bonchev–Trinajstić information content (AvgIpc) is 3.15. The standard InChI is InChI=1S/C23H28ClN5O2/c1-15-12-27(18-9-4-3-5-10-18)22-25-20-19(28(22)13-15)21(30)29(23(31)26(20)2)14-16-7-6-8-17(24)11-16/h6-8,11,15,18H,3-5,9-10,12-14H2,1-2H3. The number of benzene rings is 1. The maximum atomic E-state index is 13.6. The summed E-state index contributed by atoms with van der Waals surface area (Å²) in [5, 5.41) is 0.585. The third-order valence-electron chi connectivity index (χ3n) is 6.72. The molecule has 1 saturated carbocycles. The molecular weight excluding hydrogens is 414 g/mol. The van der Waals surface area contributed by atoms with Gasteiger partial charge in [0.25, 0.3) is 5.56 Å². The highest BCUT2D eigenvalue weighted by molar-refractivity contribution is 6.30. The van der Waals surface area contributed by atoms with E-state index >= 15 is 0 Å². The quantitative estimate of drug-likeness (QED) is 0.625. The van der Waals surface area contributed by atoms with E-state index in [9.17, 15) is 9.59 Å². The van der Waals surface area contributed by atoms with Crippen molar-refractivity contribution < 1.29 is 0 Å². The molecule has 0 saturated heterocycles. The zero-order valence-electron chi connectivity index (χ0n) is 18.1. The Bertz CT molecular complexity index is 1250. The van der Waals surface area contributed by atoms with Crippen molar-refractivity contribution in [1.29, 1.82) is 0 Å². The Kier molecular flexibility index (Phi) is 5.16. The highest BCUT2D eigenvalue weighted by Gasteiger charge is 2.33. The third kappa shape index (κ3) is 3.49. The van der Waals surface area contributed by atoms with Gasteiger partial charge in [-0.2, -0.15) is 4.98 Å². The fourth-order valence-corrected chi connectivity index (χ4v) is 5.41. The zero-order chi connectivity index (χ0) is 21.7. The van der Waals surface area contributed by atoms with Crippen LogP contribution in [0.4, 0.5) is 5.95 Å². The van der Waals surface area contributed by atoms with Gasteiger partial charge in [0.2, 0.25) is 5.95 Å². The number of rotatable bonds is 3. The van der Waals surface area contributed by atoms with Crippen molar-refractivity contribution in [3.05, 3.63) is 55.7 Å². The van der Waals surface area contributed by atoms with Crippen molar-refractivity contribution in [3.8, 4) is 0 Å². The molecule has 1 fully saturated rings. The van der Waals surface area contributed by atoms with Crippen LogP contribution >= 0.6 is 11.6 Å². The summed E-state index contributed by atoms with van der Waals surface area (Å²) < 4.78 is 4.86. The van der Waals surface area contributed by atoms with E-state index in [0.29, 0.717) is 28.1 Å². The molecule has 7 nitrogen and oxygen atoms in total. The van der Waals surface area contributed by atoms with Crippen molar-refractivity contribution in [2.45, 2.75) is 58.2 Å². The molecule has 1 aliphatic heterocycles. The molecule has 1 aliphatic carbocycles. The van der Waals surface area contributed by atoms with E-state index in [1.165, 1.54) is 28.4 Å². The Morgan fingerprint density at radius 1 is 1.13 bits per heavy atom. The van der Waals surface area contributed by atoms with Crippen molar-refractivity contribution in [2.24, 2.45) is 13.0 Å². The summed E-state index contributed by atoms with van der Waals surface area (Å²) in [5.41, 5.74) is 1.18. The van der Waals surface area contributed by atoms with Crippen LogP contribution in [-0.2, 0) is 20.1 Å². The van der Waals surface area contributed by atoms with Crippen LogP contribution < -0.4 is 16.1 Å². The highest BCUT2D eigenvalue weighted by atomic mass is 35.5. The van der Waals surface area contributed by atoms with Crippen LogP contribution in [0.1, 0.15) is 44.6 Å². The lowest BCUT2D eigenvalue weighted by molar-refractivity contribution is 0.354. The minimum absolute atomic E-state index is 0.185. The first-order chi connectivity index (χ1) is 14.9. The van der Waals surface area contributed by atoms with E-state index in [1.807, 2.05) is 16.7 Å². The minimum Gasteiger partial charge on any atom is -0.339 e. The molecule has 2 aliphatic rings. The third-order valence-corrected chi connectivity index (χ3v) is 6.95. The van der Waals surface area contributed by atoms with Gasteiger partial charge in [0.05, 0.1) is 6.54 Å². The number of halogens is 1. The van der Waals surface area contributed by atoms with Crippen LogP contribution in [0.5, 0.6) is 0 Å². The molecule has 0 N–H and O–H groups in total. The first kappa shape index (κ1) is 20.4. The number of fused-ring (bicyclic) bond motifs is 3. The van der Waals surface area contributed by atoms with E-state index in [2.05, 4.69) is 11.8 Å². The minimum atomic E-state index is -0.356. The lowest BCUT2D eigenvalue weighted by Crippen LogP contribution is -2.45. The van der Waals surface area contributed by atoms with Gasteiger partial charge in [-0.05, 0) is 36.5 Å². The van der Waals surface area contributed by atoms with E-state index in [-0.39, 0.29) is 17.8 Å². The van der Waals surface area contributed by atoms with E-state index in [0.717, 1.165) is 37.4 Å². The summed E-state index contributed by atoms with van der Waals surface area (Å²) in [6.07, 6.45) is 6.09. The molecule has 3 aromatic rings. The normalized spacial score (nSPS) is 19.7. The summed E-state index contributed by atoms with van der Waals surface area (Å²) in [4.78, 5) is 33.9. The highest BCUT2D eigenvalue weighted by Crippen LogP contribution is 2.33. The van der Waals surface area contributed by atoms with Gasteiger partial charge >= 0.3 is 5.69 Å². The van der Waals surface area contributed by atoms with Gasteiger partial charge in [0, 0.05) is 31.2 Å². The Labute approximate surface area is 185 Å². The number of imidazole rings is 1. The fourth-order valence-electron chi connectivity index (χ4n) is 5.20. The zero-order valence-corrected chi connectivity index (χ0v) is 18.8. The monoisotopic (exact) mass is 441 g/mol. The van der Waals surface area contributed by atoms with Crippen molar-refractivity contribution in [1.82, 2.24) is 18.7 Å². The Morgan fingerprint density at radius 3 is 2.65 bits per heavy atom. The maximum absolute atomic E-state index is 13.6. The number of hydrogen-bond acceptors (Lipinski definition) is 4. The van der Waals surface area contributed by atoms with Gasteiger partial charge in [-0.15, -0.1) is 0 Å². The summed E-state index contributed by atoms with van der Waals surface area (Å²) in [5.74, 6) is 1.25. The maximum Gasteiger partial charge on any atom is 0.332 e. The second-order valence-corrected chi connectivity index (χ2v) is 9.54. The first-order valence-corrected chi connectivity index (χ1v) is 11.5. The smallest absolute Gasteiger partial charge is 0.332 e. The molecule has 1 unspecified atom stereocenters. The first-order valence-electron chi connectivity index (χ1n) is 11.1. The molecular formula is C23H28ClN5O2. The molecule has 3 heterocycles. The van der Waals surface area contributed by atoms with Gasteiger partial charge in [0.1, 0.15) is 0 Å². The Hall–Kier alpha value is -2.54. The largest absolute Gasteiger partial charge is 0.339 e. The lowest BCUT2D eigenvalue weighted by atomic mass is 9.93. The second-order valence-electron chi connectivity index (χ2n) is 9.11. The molecule has 164 valence electrons. The van der Waals surface area contributed by atoms with Crippen LogP contribution in [0.15, 0.2) is 33.9 Å². The predicted molar refractivity (Wildman–Crippen MR) is 123 cm³/mol. The summed E-state index contributed by atoms with van der Waals surface area (Å²) >= 11 is 6.11. The van der Waals surface area contributed by atoms with Crippen LogP contribution in [0.3, 0.4) is 0 Å². The van der Waals surface area contributed by atoms with Gasteiger partial charge < -0.3 is 9.47 Å². The van der Waals surface area contributed by atoms with Crippen molar-refractivity contribution in [2.75, 3.05) is 11.4 Å². The van der Waals surface area contributed by atoms with E-state index in [1.54, 1.807) is 19.2 Å². The number of anilines is 1. The van der Waals surface area contributed by atoms with Gasteiger partial charge in [0.15, 0.2) is 11.2 Å². The van der Waals surface area contributed by atoms with Crippen LogP contribution in [0.2, 0.25) is 5.02 Å². The lowest BCUT2D eigenvalue weighted by Gasteiger charge is -2.40. The van der Waals surface area contributed by atoms with Crippen LogP contribution in [-0.4, -0.2) is 31.3 Å². The summed E-state index contributed by atoms with van der Waals surface area (Å²) in [6.45, 7) is 4.08. The predicted octanol–water partition coefficient (Wildman–Crippen LogP) is 3.39. The molecule has 0 amide bonds. The number of nitrogens with zero attached hydrogens (tertiary/aromatic N) is 5.